The molecule has 1 fully saturated rings. The smallest absolute Gasteiger partial charge is 0.259 e. The lowest BCUT2D eigenvalue weighted by molar-refractivity contribution is -0.319. The summed E-state index contributed by atoms with van der Waals surface area (Å²) >= 11 is 0. The Morgan fingerprint density at radius 3 is 2.23 bits per heavy atom. The van der Waals surface area contributed by atoms with E-state index in [-0.39, 0.29) is 61.2 Å². The first-order valence-corrected chi connectivity index (χ1v) is 12.2. The number of imide groups is 1. The van der Waals surface area contributed by atoms with Gasteiger partial charge >= 0.3 is 0 Å². The van der Waals surface area contributed by atoms with Crippen molar-refractivity contribution in [3.05, 3.63) is 58.7 Å². The number of carbonyl (C=O) groups is 2. The number of H-pyrrole nitrogens is 1. The van der Waals surface area contributed by atoms with Crippen molar-refractivity contribution in [2.45, 2.75) is 37.6 Å². The number of ether oxygens (including phenoxy) is 2. The van der Waals surface area contributed by atoms with Crippen LogP contribution >= 0.6 is 0 Å². The molecule has 9 nitrogen and oxygen atoms in total. The molecule has 0 spiro atoms. The molecular weight excluding hydrogens is 538 g/mol. The minimum atomic E-state index is -1.62. The van der Waals surface area contributed by atoms with E-state index in [1.54, 1.807) is 0 Å². The number of amides is 2. The third-order valence-corrected chi connectivity index (χ3v) is 7.88. The van der Waals surface area contributed by atoms with Crippen molar-refractivity contribution in [3.8, 4) is 0 Å². The Balaban J connectivity index is 1.75. The highest BCUT2D eigenvalue weighted by molar-refractivity contribution is 6.39. The van der Waals surface area contributed by atoms with Crippen molar-refractivity contribution in [1.82, 2.24) is 14.9 Å². The summed E-state index contributed by atoms with van der Waals surface area (Å²) in [6.07, 6.45) is -4.62. The first-order valence-electron chi connectivity index (χ1n) is 12.2. The molecule has 1 saturated heterocycles. The lowest BCUT2D eigenvalue weighted by atomic mass is 9.96. The number of carbonyl (C=O) groups excluding carboxylic acids is 2. The Bertz CT molecular complexity index is 1980. The predicted molar refractivity (Wildman–Crippen MR) is 133 cm³/mol. The Hall–Kier alpha value is -4.04. The van der Waals surface area contributed by atoms with Gasteiger partial charge in [0.15, 0.2) is 35.3 Å². The molecule has 0 aliphatic carbocycles. The van der Waals surface area contributed by atoms with Gasteiger partial charge in [0.2, 0.25) is 0 Å². The van der Waals surface area contributed by atoms with E-state index >= 15 is 0 Å². The summed E-state index contributed by atoms with van der Waals surface area (Å²) in [6.45, 7) is 1.51. The molecule has 5 aromatic rings. The average molecular weight is 557 g/mol. The second kappa shape index (κ2) is 8.01. The maximum absolute atomic E-state index is 14.7. The third-order valence-electron chi connectivity index (χ3n) is 7.88. The van der Waals surface area contributed by atoms with Crippen LogP contribution in [0.1, 0.15) is 40.3 Å². The van der Waals surface area contributed by atoms with E-state index in [2.05, 4.69) is 10.3 Å². The second-order valence-electron chi connectivity index (χ2n) is 10.2. The number of hydrogen-bond acceptors (Lipinski definition) is 6. The maximum Gasteiger partial charge on any atom is 0.259 e. The average Bonchev–Trinajstić information content (AvgIpc) is 3.51. The van der Waals surface area contributed by atoms with Crippen molar-refractivity contribution < 1.29 is 46.8 Å². The van der Waals surface area contributed by atoms with Gasteiger partial charge in [-0.1, -0.05) is 0 Å². The number of aromatic nitrogens is 2. The fraction of sp³-hybridized carbons (Fsp3) is 0.259. The quantitative estimate of drug-likeness (QED) is 0.193. The molecule has 4 atom stereocenters. The monoisotopic (exact) mass is 557 g/mol. The number of hydrogen-bond donors (Lipinski definition) is 4. The summed E-state index contributed by atoms with van der Waals surface area (Å²) < 4.78 is 70.8. The third kappa shape index (κ3) is 3.11. The number of nitrogens with one attached hydrogen (secondary N) is 2. The van der Waals surface area contributed by atoms with Gasteiger partial charge in [0.1, 0.15) is 6.10 Å². The summed E-state index contributed by atoms with van der Waals surface area (Å²) in [5, 5.41) is 24.1. The van der Waals surface area contributed by atoms with E-state index in [0.29, 0.717) is 0 Å². The van der Waals surface area contributed by atoms with E-state index in [1.165, 1.54) is 18.6 Å². The molecule has 40 heavy (non-hydrogen) atoms. The molecule has 4 N–H and O–H groups in total. The van der Waals surface area contributed by atoms with Crippen LogP contribution in [0, 0.1) is 23.3 Å². The highest BCUT2D eigenvalue weighted by atomic mass is 19.2. The molecule has 4 unspecified atom stereocenters. The predicted octanol–water partition coefficient (Wildman–Crippen LogP) is 3.87. The Kier molecular flexibility index (Phi) is 5.00. The molecule has 3 aromatic carbocycles. The van der Waals surface area contributed by atoms with Gasteiger partial charge in [-0.3, -0.25) is 14.9 Å². The van der Waals surface area contributed by atoms with Gasteiger partial charge in [0, 0.05) is 52.7 Å². The van der Waals surface area contributed by atoms with Crippen LogP contribution in [-0.2, 0) is 9.47 Å². The molecule has 2 amide bonds. The minimum Gasteiger partial charge on any atom is -0.390 e. The van der Waals surface area contributed by atoms with Gasteiger partial charge in [0.05, 0.1) is 33.8 Å². The van der Waals surface area contributed by atoms with Crippen molar-refractivity contribution in [2.75, 3.05) is 7.11 Å². The lowest BCUT2D eigenvalue weighted by Crippen LogP contribution is -2.51. The van der Waals surface area contributed by atoms with Crippen LogP contribution in [0.5, 0.6) is 0 Å². The molecule has 7 rings (SSSR count). The first-order chi connectivity index (χ1) is 18.9. The summed E-state index contributed by atoms with van der Waals surface area (Å²) in [5.74, 6) is -8.00. The molecule has 0 saturated carbocycles. The van der Waals surface area contributed by atoms with Crippen LogP contribution in [0.3, 0.4) is 0 Å². The molecule has 4 heterocycles. The van der Waals surface area contributed by atoms with Gasteiger partial charge in [-0.25, -0.2) is 17.6 Å². The number of aromatic amines is 1. The van der Waals surface area contributed by atoms with Crippen molar-refractivity contribution in [1.29, 1.82) is 0 Å². The first kappa shape index (κ1) is 25.0. The molecular formula is C27H19F4N3O6. The largest absolute Gasteiger partial charge is 0.390 e. The number of benzene rings is 3. The standard InChI is InChI=1S/C27H19F4N3O6/c1-27(39-2)7-16(35)23(36)26(40-27)34-15-6-13(31)11(29)4-9(15)18-20-19(24(37)33-25(20)38)17-8-3-10(28)12(30)5-14(8)32-21(17)22(18)34/h3-6,16,23,26,32,35-36H,7H2,1-2H3,(H,33,37,38). The van der Waals surface area contributed by atoms with E-state index in [1.807, 2.05) is 0 Å². The summed E-state index contributed by atoms with van der Waals surface area (Å²) in [6, 6.07) is 3.42. The number of halogens is 4. The van der Waals surface area contributed by atoms with E-state index in [9.17, 15) is 37.4 Å². The van der Waals surface area contributed by atoms with Gasteiger partial charge in [0.25, 0.3) is 11.8 Å². The molecule has 2 aromatic heterocycles. The van der Waals surface area contributed by atoms with Crippen molar-refractivity contribution in [2.24, 2.45) is 0 Å². The number of fused-ring (bicyclic) bond motifs is 10. The highest BCUT2D eigenvalue weighted by Gasteiger charge is 2.46. The number of aliphatic hydroxyl groups is 2. The molecule has 206 valence electrons. The summed E-state index contributed by atoms with van der Waals surface area (Å²) in [4.78, 5) is 29.2. The van der Waals surface area contributed by atoms with Crippen LogP contribution in [-0.4, -0.2) is 56.7 Å². The van der Waals surface area contributed by atoms with E-state index < -0.39 is 59.3 Å². The van der Waals surface area contributed by atoms with E-state index in [4.69, 9.17) is 9.47 Å². The highest BCUT2D eigenvalue weighted by Crippen LogP contribution is 2.47. The molecule has 0 radical (unpaired) electrons. The minimum absolute atomic E-state index is 0.00207. The zero-order valence-electron chi connectivity index (χ0n) is 20.7. The lowest BCUT2D eigenvalue weighted by Gasteiger charge is -2.43. The van der Waals surface area contributed by atoms with Gasteiger partial charge < -0.3 is 29.2 Å². The van der Waals surface area contributed by atoms with Crippen LogP contribution < -0.4 is 5.32 Å². The Morgan fingerprint density at radius 2 is 1.55 bits per heavy atom. The van der Waals surface area contributed by atoms with E-state index in [0.717, 1.165) is 24.3 Å². The fourth-order valence-electron chi connectivity index (χ4n) is 6.03. The molecule has 2 aliphatic heterocycles. The summed E-state index contributed by atoms with van der Waals surface area (Å²) in [5.41, 5.74) is -0.244. The zero-order valence-corrected chi connectivity index (χ0v) is 20.7. The van der Waals surface area contributed by atoms with Gasteiger partial charge in [-0.2, -0.15) is 0 Å². The summed E-state index contributed by atoms with van der Waals surface area (Å²) in [7, 11) is 1.32. The molecule has 2 aliphatic rings. The van der Waals surface area contributed by atoms with Crippen LogP contribution in [0.25, 0.3) is 43.6 Å². The molecule has 13 heteroatoms. The van der Waals surface area contributed by atoms with Gasteiger partial charge in [-0.05, 0) is 19.1 Å². The number of nitrogens with zero attached hydrogens (tertiary/aromatic N) is 1. The SMILES string of the molecule is COC1(C)CC(O)C(O)C(n2c3cc(F)c(F)cc3c3c4c(c5c6cc(F)c(F)cc6[nH]c5c32)C(=O)NC4=O)O1. The molecule has 0 bridgehead atoms. The van der Waals surface area contributed by atoms with Crippen molar-refractivity contribution in [3.63, 3.8) is 0 Å². The normalized spacial score (nSPS) is 25.1. The maximum atomic E-state index is 14.7. The van der Waals surface area contributed by atoms with Crippen LogP contribution in [0.15, 0.2) is 24.3 Å². The fourth-order valence-corrected chi connectivity index (χ4v) is 6.03. The number of rotatable bonds is 2. The van der Waals surface area contributed by atoms with Crippen molar-refractivity contribution >= 4 is 55.4 Å². The Morgan fingerprint density at radius 1 is 0.950 bits per heavy atom. The van der Waals surface area contributed by atoms with Crippen LogP contribution in [0.4, 0.5) is 17.6 Å². The van der Waals surface area contributed by atoms with Gasteiger partial charge in [-0.15, -0.1) is 0 Å². The second-order valence-corrected chi connectivity index (χ2v) is 10.2. The van der Waals surface area contributed by atoms with Crippen LogP contribution in [0.2, 0.25) is 0 Å². The topological polar surface area (TPSA) is 126 Å². The number of methoxy groups -OCH3 is 1. The Labute approximate surface area is 220 Å². The zero-order chi connectivity index (χ0) is 28.4. The number of aliphatic hydroxyl groups excluding tert-OH is 2.